The minimum Gasteiger partial charge on any atom is -0.384 e. The summed E-state index contributed by atoms with van der Waals surface area (Å²) in [4.78, 5) is 14.0. The van der Waals surface area contributed by atoms with Crippen LogP contribution < -0.4 is 0 Å². The lowest BCUT2D eigenvalue weighted by Crippen LogP contribution is -2.40. The normalized spacial score (nSPS) is 37.9. The van der Waals surface area contributed by atoms with Gasteiger partial charge in [-0.2, -0.15) is 0 Å². The van der Waals surface area contributed by atoms with E-state index in [4.69, 9.17) is 4.74 Å². The molecule has 1 aliphatic heterocycles. The van der Waals surface area contributed by atoms with E-state index in [9.17, 15) is 4.79 Å². The van der Waals surface area contributed by atoms with Crippen LogP contribution in [-0.2, 0) is 9.53 Å². The number of carbonyl (C=O) groups excluding carboxylic acids is 1. The van der Waals surface area contributed by atoms with E-state index >= 15 is 0 Å². The highest BCUT2D eigenvalue weighted by Gasteiger charge is 2.37. The van der Waals surface area contributed by atoms with Gasteiger partial charge >= 0.3 is 0 Å². The second-order valence-corrected chi connectivity index (χ2v) is 6.51. The van der Waals surface area contributed by atoms with Crippen molar-refractivity contribution in [3.05, 3.63) is 0 Å². The Labute approximate surface area is 111 Å². The van der Waals surface area contributed by atoms with Gasteiger partial charge in [0.1, 0.15) is 6.29 Å². The molecule has 0 aromatic rings. The topological polar surface area (TPSA) is 29.5 Å². The van der Waals surface area contributed by atoms with Crippen LogP contribution in [0.3, 0.4) is 0 Å². The Kier molecular flexibility index (Phi) is 4.79. The van der Waals surface area contributed by atoms with Crippen LogP contribution in [0.25, 0.3) is 0 Å². The van der Waals surface area contributed by atoms with Crippen LogP contribution in [0.2, 0.25) is 0 Å². The van der Waals surface area contributed by atoms with Crippen molar-refractivity contribution in [3.63, 3.8) is 0 Å². The van der Waals surface area contributed by atoms with E-state index in [0.29, 0.717) is 5.92 Å². The molecule has 0 N–H and O–H groups in total. The molecule has 1 atom stereocenters. The monoisotopic (exact) mass is 253 g/mol. The summed E-state index contributed by atoms with van der Waals surface area (Å²) < 4.78 is 5.23. The third-order valence-corrected chi connectivity index (χ3v) is 4.83. The standard InChI is InChI=1S/C15H27NO2/c1-13-3-6-15(12-17,7-4-13)11-16-8-5-14(9-16)10-18-2/h12-14H,3-11H2,1-2H3. The van der Waals surface area contributed by atoms with E-state index in [0.717, 1.165) is 45.0 Å². The number of likely N-dealkylation sites (tertiary alicyclic amines) is 1. The van der Waals surface area contributed by atoms with E-state index in [1.165, 1.54) is 25.5 Å². The Morgan fingerprint density at radius 3 is 2.67 bits per heavy atom. The fourth-order valence-electron chi connectivity index (χ4n) is 3.52. The number of rotatable bonds is 5. The molecule has 1 unspecified atom stereocenters. The first-order valence-corrected chi connectivity index (χ1v) is 7.35. The van der Waals surface area contributed by atoms with Crippen LogP contribution in [0.4, 0.5) is 0 Å². The minimum atomic E-state index is -0.0472. The highest BCUT2D eigenvalue weighted by molar-refractivity contribution is 5.60. The van der Waals surface area contributed by atoms with Crippen molar-refractivity contribution in [1.29, 1.82) is 0 Å². The SMILES string of the molecule is COCC1CCN(CC2(C=O)CCC(C)CC2)C1. The fourth-order valence-corrected chi connectivity index (χ4v) is 3.52. The first-order chi connectivity index (χ1) is 8.67. The predicted octanol–water partition coefficient (Wildman–Crippen LogP) is 2.35. The van der Waals surface area contributed by atoms with Gasteiger partial charge in [0.25, 0.3) is 0 Å². The van der Waals surface area contributed by atoms with E-state index in [-0.39, 0.29) is 5.41 Å². The van der Waals surface area contributed by atoms with E-state index in [2.05, 4.69) is 11.8 Å². The van der Waals surface area contributed by atoms with Gasteiger partial charge < -0.3 is 14.4 Å². The summed E-state index contributed by atoms with van der Waals surface area (Å²) in [6.07, 6.45) is 7.08. The van der Waals surface area contributed by atoms with Crippen molar-refractivity contribution in [2.24, 2.45) is 17.3 Å². The van der Waals surface area contributed by atoms with Crippen LogP contribution in [-0.4, -0.2) is 44.5 Å². The van der Waals surface area contributed by atoms with Gasteiger partial charge in [0.15, 0.2) is 0 Å². The number of methoxy groups -OCH3 is 1. The highest BCUT2D eigenvalue weighted by Crippen LogP contribution is 2.38. The molecule has 0 bridgehead atoms. The molecule has 3 heteroatoms. The highest BCUT2D eigenvalue weighted by atomic mass is 16.5. The molecule has 0 spiro atoms. The number of nitrogens with zero attached hydrogens (tertiary/aromatic N) is 1. The van der Waals surface area contributed by atoms with Crippen molar-refractivity contribution >= 4 is 6.29 Å². The maximum absolute atomic E-state index is 11.5. The summed E-state index contributed by atoms with van der Waals surface area (Å²) in [6.45, 7) is 6.39. The quantitative estimate of drug-likeness (QED) is 0.704. The third kappa shape index (κ3) is 3.33. The zero-order chi connectivity index (χ0) is 13.0. The molecular formula is C15H27NO2. The first kappa shape index (κ1) is 14.0. The van der Waals surface area contributed by atoms with Gasteiger partial charge in [-0.1, -0.05) is 6.92 Å². The lowest BCUT2D eigenvalue weighted by molar-refractivity contribution is -0.119. The fraction of sp³-hybridized carbons (Fsp3) is 0.933. The molecule has 104 valence electrons. The van der Waals surface area contributed by atoms with Gasteiger partial charge in [0, 0.05) is 25.6 Å². The molecule has 2 aliphatic rings. The summed E-state index contributed by atoms with van der Waals surface area (Å²) in [6, 6.07) is 0. The van der Waals surface area contributed by atoms with Gasteiger partial charge in [0.2, 0.25) is 0 Å². The van der Waals surface area contributed by atoms with E-state index in [1.54, 1.807) is 7.11 Å². The number of carbonyl (C=O) groups is 1. The summed E-state index contributed by atoms with van der Waals surface area (Å²) >= 11 is 0. The zero-order valence-electron chi connectivity index (χ0n) is 11.9. The lowest BCUT2D eigenvalue weighted by atomic mass is 9.71. The van der Waals surface area contributed by atoms with Crippen molar-refractivity contribution in [3.8, 4) is 0 Å². The van der Waals surface area contributed by atoms with Crippen molar-refractivity contribution < 1.29 is 9.53 Å². The molecule has 1 aliphatic carbocycles. The molecule has 18 heavy (non-hydrogen) atoms. The van der Waals surface area contributed by atoms with Gasteiger partial charge in [-0.25, -0.2) is 0 Å². The zero-order valence-corrected chi connectivity index (χ0v) is 11.9. The number of ether oxygens (including phenoxy) is 1. The van der Waals surface area contributed by atoms with E-state index < -0.39 is 0 Å². The van der Waals surface area contributed by atoms with Crippen LogP contribution in [0.5, 0.6) is 0 Å². The molecule has 1 saturated heterocycles. The Morgan fingerprint density at radius 1 is 1.33 bits per heavy atom. The summed E-state index contributed by atoms with van der Waals surface area (Å²) in [5, 5.41) is 0. The van der Waals surface area contributed by atoms with Crippen molar-refractivity contribution in [2.45, 2.75) is 39.0 Å². The Hall–Kier alpha value is -0.410. The Bertz CT molecular complexity index is 272. The summed E-state index contributed by atoms with van der Waals surface area (Å²) in [5.74, 6) is 1.47. The molecule has 1 saturated carbocycles. The molecule has 0 aromatic carbocycles. The molecule has 0 amide bonds. The molecule has 0 radical (unpaired) electrons. The molecule has 0 aromatic heterocycles. The maximum atomic E-state index is 11.5. The van der Waals surface area contributed by atoms with Crippen LogP contribution >= 0.6 is 0 Å². The minimum absolute atomic E-state index is 0.0472. The van der Waals surface area contributed by atoms with Crippen molar-refractivity contribution in [2.75, 3.05) is 33.4 Å². The van der Waals surface area contributed by atoms with Crippen LogP contribution in [0, 0.1) is 17.3 Å². The maximum Gasteiger partial charge on any atom is 0.127 e. The number of hydrogen-bond donors (Lipinski definition) is 0. The van der Waals surface area contributed by atoms with Gasteiger partial charge in [0.05, 0.1) is 6.61 Å². The average molecular weight is 253 g/mol. The second-order valence-electron chi connectivity index (χ2n) is 6.51. The smallest absolute Gasteiger partial charge is 0.127 e. The van der Waals surface area contributed by atoms with Crippen LogP contribution in [0.15, 0.2) is 0 Å². The molecule has 1 heterocycles. The lowest BCUT2D eigenvalue weighted by Gasteiger charge is -2.37. The first-order valence-electron chi connectivity index (χ1n) is 7.35. The van der Waals surface area contributed by atoms with Gasteiger partial charge in [-0.15, -0.1) is 0 Å². The number of aldehydes is 1. The summed E-state index contributed by atoms with van der Waals surface area (Å²) in [5.41, 5.74) is -0.0472. The average Bonchev–Trinajstić information content (AvgIpc) is 2.80. The molecule has 2 fully saturated rings. The Balaban J connectivity index is 1.85. The largest absolute Gasteiger partial charge is 0.384 e. The summed E-state index contributed by atoms with van der Waals surface area (Å²) in [7, 11) is 1.78. The van der Waals surface area contributed by atoms with Crippen LogP contribution in [0.1, 0.15) is 39.0 Å². The number of hydrogen-bond acceptors (Lipinski definition) is 3. The Morgan fingerprint density at radius 2 is 2.06 bits per heavy atom. The molecule has 2 rings (SSSR count). The van der Waals surface area contributed by atoms with Gasteiger partial charge in [-0.05, 0) is 50.5 Å². The van der Waals surface area contributed by atoms with Gasteiger partial charge in [-0.3, -0.25) is 0 Å². The second kappa shape index (κ2) is 6.16. The third-order valence-electron chi connectivity index (χ3n) is 4.83. The molecular weight excluding hydrogens is 226 g/mol. The van der Waals surface area contributed by atoms with Crippen molar-refractivity contribution in [1.82, 2.24) is 4.90 Å². The predicted molar refractivity (Wildman–Crippen MR) is 72.6 cm³/mol. The van der Waals surface area contributed by atoms with E-state index in [1.807, 2.05) is 0 Å². The molecule has 3 nitrogen and oxygen atoms in total.